The molecule has 8 heteroatoms. The first kappa shape index (κ1) is 17.8. The molecule has 1 aromatic carbocycles. The smallest absolute Gasteiger partial charge is 0.390 e. The van der Waals surface area contributed by atoms with Gasteiger partial charge in [0, 0.05) is 11.7 Å². The Bertz CT molecular complexity index is 640. The van der Waals surface area contributed by atoms with Crippen LogP contribution in [-0.2, 0) is 10.0 Å². The van der Waals surface area contributed by atoms with Crippen LogP contribution < -0.4 is 10.5 Å². The summed E-state index contributed by atoms with van der Waals surface area (Å²) in [5.41, 5.74) is 7.66. The Morgan fingerprint density at radius 1 is 1.24 bits per heavy atom. The summed E-state index contributed by atoms with van der Waals surface area (Å²) < 4.78 is 63.6. The Morgan fingerprint density at radius 2 is 1.76 bits per heavy atom. The molecule has 4 nitrogen and oxygen atoms in total. The minimum atomic E-state index is -4.43. The van der Waals surface area contributed by atoms with Gasteiger partial charge in [-0.2, -0.15) is 13.2 Å². The maximum atomic E-state index is 12.3. The molecule has 120 valence electrons. The van der Waals surface area contributed by atoms with Gasteiger partial charge in [-0.15, -0.1) is 0 Å². The van der Waals surface area contributed by atoms with Crippen LogP contribution in [0.5, 0.6) is 0 Å². The van der Waals surface area contributed by atoms with Crippen LogP contribution in [0.3, 0.4) is 0 Å². The third-order valence-electron chi connectivity index (χ3n) is 3.12. The number of hydrogen-bond donors (Lipinski definition) is 2. The Balaban J connectivity index is 3.18. The van der Waals surface area contributed by atoms with Gasteiger partial charge in [0.1, 0.15) is 0 Å². The van der Waals surface area contributed by atoms with E-state index >= 15 is 0 Å². The molecule has 1 atom stereocenters. The molecule has 21 heavy (non-hydrogen) atoms. The Morgan fingerprint density at radius 3 is 2.24 bits per heavy atom. The molecule has 0 saturated carbocycles. The van der Waals surface area contributed by atoms with Gasteiger partial charge in [-0.1, -0.05) is 6.07 Å². The van der Waals surface area contributed by atoms with Gasteiger partial charge in [0.25, 0.3) is 0 Å². The van der Waals surface area contributed by atoms with Gasteiger partial charge in [-0.05, 0) is 44.4 Å². The van der Waals surface area contributed by atoms with E-state index in [1.165, 1.54) is 6.92 Å². The van der Waals surface area contributed by atoms with Crippen molar-refractivity contribution in [3.8, 4) is 0 Å². The van der Waals surface area contributed by atoms with Crippen molar-refractivity contribution in [1.82, 2.24) is 4.72 Å². The summed E-state index contributed by atoms with van der Waals surface area (Å²) in [5.74, 6) is 0. The SMILES string of the molecule is Cc1cc(C)c(S(=O)(=O)NC(C)CC(F)(F)F)c(C)c1N. The Kier molecular flexibility index (Phi) is 4.94. The number of benzene rings is 1. The molecule has 0 aromatic heterocycles. The van der Waals surface area contributed by atoms with Gasteiger partial charge in [0.05, 0.1) is 11.3 Å². The lowest BCUT2D eigenvalue weighted by molar-refractivity contribution is -0.137. The van der Waals surface area contributed by atoms with E-state index in [0.717, 1.165) is 5.56 Å². The van der Waals surface area contributed by atoms with Crippen molar-refractivity contribution in [1.29, 1.82) is 0 Å². The fourth-order valence-electron chi connectivity index (χ4n) is 2.31. The summed E-state index contributed by atoms with van der Waals surface area (Å²) in [4.78, 5) is -0.0559. The molecule has 1 aromatic rings. The topological polar surface area (TPSA) is 72.2 Å². The van der Waals surface area contributed by atoms with Crippen LogP contribution in [0.15, 0.2) is 11.0 Å². The van der Waals surface area contributed by atoms with Crippen LogP contribution in [0.1, 0.15) is 30.0 Å². The van der Waals surface area contributed by atoms with Crippen molar-refractivity contribution in [2.24, 2.45) is 0 Å². The van der Waals surface area contributed by atoms with E-state index in [0.29, 0.717) is 16.8 Å². The number of nitrogen functional groups attached to an aromatic ring is 1. The highest BCUT2D eigenvalue weighted by Gasteiger charge is 2.32. The standard InChI is InChI=1S/C13H19F3N2O2S/c1-7-5-8(2)12(10(4)11(7)17)21(19,20)18-9(3)6-13(14,15)16/h5,9,18H,6,17H2,1-4H3. The summed E-state index contributed by atoms with van der Waals surface area (Å²) in [6, 6.07) is 0.349. The van der Waals surface area contributed by atoms with Crippen molar-refractivity contribution < 1.29 is 21.6 Å². The lowest BCUT2D eigenvalue weighted by Gasteiger charge is -2.19. The van der Waals surface area contributed by atoms with Gasteiger partial charge in [0.15, 0.2) is 0 Å². The molecule has 0 aliphatic rings. The van der Waals surface area contributed by atoms with Gasteiger partial charge < -0.3 is 5.73 Å². The van der Waals surface area contributed by atoms with Gasteiger partial charge in [-0.3, -0.25) is 0 Å². The molecular weight excluding hydrogens is 305 g/mol. The van der Waals surface area contributed by atoms with Crippen LogP contribution in [0.2, 0.25) is 0 Å². The van der Waals surface area contributed by atoms with Gasteiger partial charge in [-0.25, -0.2) is 13.1 Å². The molecule has 3 N–H and O–H groups in total. The third kappa shape index (κ3) is 4.34. The predicted molar refractivity (Wildman–Crippen MR) is 75.5 cm³/mol. The van der Waals surface area contributed by atoms with Crippen LogP contribution in [-0.4, -0.2) is 20.6 Å². The molecule has 0 heterocycles. The van der Waals surface area contributed by atoms with E-state index in [9.17, 15) is 21.6 Å². The van der Waals surface area contributed by atoms with Crippen LogP contribution in [0.4, 0.5) is 18.9 Å². The number of hydrogen-bond acceptors (Lipinski definition) is 3. The van der Waals surface area contributed by atoms with Crippen LogP contribution in [0.25, 0.3) is 0 Å². The summed E-state index contributed by atoms with van der Waals surface area (Å²) in [6.45, 7) is 6.04. The zero-order valence-corrected chi connectivity index (χ0v) is 13.1. The fourth-order valence-corrected chi connectivity index (χ4v) is 4.03. The number of aryl methyl sites for hydroxylation is 2. The summed E-state index contributed by atoms with van der Waals surface area (Å²) in [7, 11) is -4.06. The first-order valence-corrected chi connectivity index (χ1v) is 7.79. The minimum Gasteiger partial charge on any atom is -0.398 e. The molecule has 1 rings (SSSR count). The molecular formula is C13H19F3N2O2S. The zero-order chi connectivity index (χ0) is 16.6. The van der Waals surface area contributed by atoms with Crippen molar-refractivity contribution >= 4 is 15.7 Å². The van der Waals surface area contributed by atoms with Crippen LogP contribution in [0, 0.1) is 20.8 Å². The van der Waals surface area contributed by atoms with Crippen molar-refractivity contribution in [2.45, 2.75) is 51.2 Å². The highest BCUT2D eigenvalue weighted by atomic mass is 32.2. The Hall–Kier alpha value is -1.28. The average Bonchev–Trinajstić information content (AvgIpc) is 2.21. The van der Waals surface area contributed by atoms with E-state index in [1.54, 1.807) is 26.8 Å². The number of nitrogens with two attached hydrogens (primary N) is 1. The Labute approximate surface area is 122 Å². The first-order chi connectivity index (χ1) is 9.35. The fraction of sp³-hybridized carbons (Fsp3) is 0.538. The van der Waals surface area contributed by atoms with E-state index in [1.807, 2.05) is 0 Å². The monoisotopic (exact) mass is 324 g/mol. The normalized spacial score (nSPS) is 14.2. The van der Waals surface area contributed by atoms with E-state index < -0.39 is 28.7 Å². The second-order valence-electron chi connectivity index (χ2n) is 5.22. The number of alkyl halides is 3. The van der Waals surface area contributed by atoms with Gasteiger partial charge in [0.2, 0.25) is 10.0 Å². The highest BCUT2D eigenvalue weighted by molar-refractivity contribution is 7.89. The van der Waals surface area contributed by atoms with Gasteiger partial charge >= 0.3 is 6.18 Å². The third-order valence-corrected chi connectivity index (χ3v) is 5.00. The molecule has 0 aliphatic carbocycles. The second-order valence-corrected chi connectivity index (χ2v) is 6.87. The van der Waals surface area contributed by atoms with Crippen molar-refractivity contribution in [3.05, 3.63) is 22.8 Å². The molecule has 0 bridgehead atoms. The lowest BCUT2D eigenvalue weighted by Crippen LogP contribution is -2.36. The number of anilines is 1. The summed E-state index contributed by atoms with van der Waals surface area (Å²) >= 11 is 0. The van der Waals surface area contributed by atoms with E-state index in [4.69, 9.17) is 5.73 Å². The number of nitrogens with one attached hydrogen (secondary N) is 1. The number of halogens is 3. The average molecular weight is 324 g/mol. The number of rotatable bonds is 4. The maximum absolute atomic E-state index is 12.3. The molecule has 0 amide bonds. The maximum Gasteiger partial charge on any atom is 0.390 e. The second kappa shape index (κ2) is 5.84. The highest BCUT2D eigenvalue weighted by Crippen LogP contribution is 2.29. The van der Waals surface area contributed by atoms with Crippen LogP contribution >= 0.6 is 0 Å². The van der Waals surface area contributed by atoms with Crippen molar-refractivity contribution in [3.63, 3.8) is 0 Å². The lowest BCUT2D eigenvalue weighted by atomic mass is 10.1. The quantitative estimate of drug-likeness (QED) is 0.837. The number of sulfonamides is 1. The molecule has 1 unspecified atom stereocenters. The predicted octanol–water partition coefficient (Wildman–Crippen LogP) is 2.81. The molecule has 0 fully saturated rings. The summed E-state index contributed by atoms with van der Waals surface area (Å²) in [6.07, 6.45) is -5.66. The molecule has 0 saturated heterocycles. The zero-order valence-electron chi connectivity index (χ0n) is 12.3. The summed E-state index contributed by atoms with van der Waals surface area (Å²) in [5, 5.41) is 0. The van der Waals surface area contributed by atoms with Crippen molar-refractivity contribution in [2.75, 3.05) is 5.73 Å². The molecule has 0 spiro atoms. The molecule has 0 aliphatic heterocycles. The largest absolute Gasteiger partial charge is 0.398 e. The minimum absolute atomic E-state index is 0.0559. The first-order valence-electron chi connectivity index (χ1n) is 6.30. The van der Waals surface area contributed by atoms with E-state index in [2.05, 4.69) is 4.72 Å². The van der Waals surface area contributed by atoms with E-state index in [-0.39, 0.29) is 4.90 Å². The molecule has 0 radical (unpaired) electrons.